The summed E-state index contributed by atoms with van der Waals surface area (Å²) >= 11 is 0. The summed E-state index contributed by atoms with van der Waals surface area (Å²) in [6.07, 6.45) is 0.211. The van der Waals surface area contributed by atoms with Gasteiger partial charge in [0.1, 0.15) is 30.1 Å². The van der Waals surface area contributed by atoms with Gasteiger partial charge in [0.25, 0.3) is 0 Å². The molecular weight excluding hydrogens is 242 g/mol. The van der Waals surface area contributed by atoms with E-state index in [2.05, 4.69) is 16.4 Å². The van der Waals surface area contributed by atoms with Crippen LogP contribution in [0.5, 0.6) is 5.75 Å². The molecule has 0 aromatic carbocycles. The van der Waals surface area contributed by atoms with E-state index in [4.69, 9.17) is 14.7 Å². The van der Waals surface area contributed by atoms with Crippen LogP contribution in [0.3, 0.4) is 0 Å². The number of ether oxygens (including phenoxy) is 2. The lowest BCUT2D eigenvalue weighted by Gasteiger charge is -2.28. The van der Waals surface area contributed by atoms with Gasteiger partial charge in [-0.2, -0.15) is 5.26 Å². The van der Waals surface area contributed by atoms with E-state index in [1.54, 1.807) is 6.07 Å². The van der Waals surface area contributed by atoms with Crippen LogP contribution in [-0.2, 0) is 4.74 Å². The SMILES string of the molecule is Cc1cc(OCC2CNCC(C)O2)c(C#N)c(C)n1. The monoisotopic (exact) mass is 261 g/mol. The topological polar surface area (TPSA) is 67.2 Å². The van der Waals surface area contributed by atoms with Crippen LogP contribution in [0.15, 0.2) is 6.07 Å². The molecule has 0 aliphatic carbocycles. The number of aromatic nitrogens is 1. The fraction of sp³-hybridized carbons (Fsp3) is 0.571. The smallest absolute Gasteiger partial charge is 0.140 e. The van der Waals surface area contributed by atoms with E-state index in [0.717, 1.165) is 18.8 Å². The molecule has 1 aromatic heterocycles. The lowest BCUT2D eigenvalue weighted by atomic mass is 10.2. The Labute approximate surface area is 113 Å². The Balaban J connectivity index is 2.05. The Morgan fingerprint density at radius 1 is 1.53 bits per heavy atom. The summed E-state index contributed by atoms with van der Waals surface area (Å²) in [6.45, 7) is 7.82. The summed E-state index contributed by atoms with van der Waals surface area (Å²) in [5.74, 6) is 0.592. The third-order valence-corrected chi connectivity index (χ3v) is 3.06. The summed E-state index contributed by atoms with van der Waals surface area (Å²) in [6, 6.07) is 3.94. The summed E-state index contributed by atoms with van der Waals surface area (Å²) in [5, 5.41) is 12.4. The van der Waals surface area contributed by atoms with Crippen molar-refractivity contribution in [2.75, 3.05) is 19.7 Å². The van der Waals surface area contributed by atoms with Crippen LogP contribution < -0.4 is 10.1 Å². The predicted octanol–water partition coefficient (Wildman–Crippen LogP) is 1.33. The van der Waals surface area contributed by atoms with Crippen molar-refractivity contribution < 1.29 is 9.47 Å². The minimum atomic E-state index is 0.0177. The zero-order valence-electron chi connectivity index (χ0n) is 11.6. The van der Waals surface area contributed by atoms with E-state index >= 15 is 0 Å². The zero-order chi connectivity index (χ0) is 13.8. The first-order chi connectivity index (χ1) is 9.10. The highest BCUT2D eigenvalue weighted by Gasteiger charge is 2.20. The van der Waals surface area contributed by atoms with Gasteiger partial charge in [0.05, 0.1) is 11.8 Å². The number of nitrogens with zero attached hydrogens (tertiary/aromatic N) is 2. The van der Waals surface area contributed by atoms with Gasteiger partial charge in [0, 0.05) is 24.8 Å². The largest absolute Gasteiger partial charge is 0.489 e. The van der Waals surface area contributed by atoms with Crippen molar-refractivity contribution >= 4 is 0 Å². The molecule has 19 heavy (non-hydrogen) atoms. The Morgan fingerprint density at radius 3 is 3.00 bits per heavy atom. The quantitative estimate of drug-likeness (QED) is 0.889. The van der Waals surface area contributed by atoms with Gasteiger partial charge in [-0.1, -0.05) is 0 Å². The maximum absolute atomic E-state index is 9.16. The van der Waals surface area contributed by atoms with E-state index in [1.165, 1.54) is 0 Å². The van der Waals surface area contributed by atoms with Crippen LogP contribution in [0.4, 0.5) is 0 Å². The Kier molecular flexibility index (Phi) is 4.35. The maximum Gasteiger partial charge on any atom is 0.140 e. The predicted molar refractivity (Wildman–Crippen MR) is 71.1 cm³/mol. The molecule has 2 rings (SSSR count). The molecule has 0 bridgehead atoms. The Hall–Kier alpha value is -1.64. The van der Waals surface area contributed by atoms with E-state index in [9.17, 15) is 0 Å². The van der Waals surface area contributed by atoms with Crippen molar-refractivity contribution in [2.45, 2.75) is 33.0 Å². The summed E-state index contributed by atoms with van der Waals surface area (Å²) in [7, 11) is 0. The molecule has 1 fully saturated rings. The number of rotatable bonds is 3. The van der Waals surface area contributed by atoms with Gasteiger partial charge in [-0.3, -0.25) is 4.98 Å². The number of hydrogen-bond acceptors (Lipinski definition) is 5. The molecule has 5 nitrogen and oxygen atoms in total. The van der Waals surface area contributed by atoms with Gasteiger partial charge in [0.15, 0.2) is 0 Å². The zero-order valence-corrected chi connectivity index (χ0v) is 11.6. The Morgan fingerprint density at radius 2 is 2.32 bits per heavy atom. The van der Waals surface area contributed by atoms with Gasteiger partial charge in [0.2, 0.25) is 0 Å². The van der Waals surface area contributed by atoms with Gasteiger partial charge >= 0.3 is 0 Å². The molecule has 1 N–H and O–H groups in total. The van der Waals surface area contributed by atoms with Crippen LogP contribution in [0.25, 0.3) is 0 Å². The van der Waals surface area contributed by atoms with Crippen LogP contribution in [0.1, 0.15) is 23.9 Å². The molecule has 0 radical (unpaired) electrons. The third kappa shape index (κ3) is 3.43. The first kappa shape index (κ1) is 13.8. The number of aryl methyl sites for hydroxylation is 2. The third-order valence-electron chi connectivity index (χ3n) is 3.06. The highest BCUT2D eigenvalue weighted by molar-refractivity contribution is 5.46. The average Bonchev–Trinajstić information content (AvgIpc) is 2.36. The standard InChI is InChI=1S/C14H19N3O2/c1-9-4-14(13(5-15)11(3)17-9)18-8-12-7-16-6-10(2)19-12/h4,10,12,16H,6-8H2,1-3H3. The van der Waals surface area contributed by atoms with Crippen molar-refractivity contribution in [3.05, 3.63) is 23.0 Å². The molecule has 0 spiro atoms. The maximum atomic E-state index is 9.16. The van der Waals surface area contributed by atoms with Gasteiger partial charge in [-0.25, -0.2) is 0 Å². The van der Waals surface area contributed by atoms with Gasteiger partial charge in [-0.05, 0) is 20.8 Å². The molecule has 1 aliphatic heterocycles. The van der Waals surface area contributed by atoms with Crippen LogP contribution in [-0.4, -0.2) is 36.9 Å². The molecule has 1 saturated heterocycles. The number of hydrogen-bond donors (Lipinski definition) is 1. The summed E-state index contributed by atoms with van der Waals surface area (Å²) in [4.78, 5) is 4.27. The molecule has 5 heteroatoms. The molecule has 2 atom stereocenters. The Bertz CT molecular complexity index is 496. The van der Waals surface area contributed by atoms with E-state index in [1.807, 2.05) is 20.8 Å². The molecule has 1 aromatic rings. The number of morpholine rings is 1. The summed E-state index contributed by atoms with van der Waals surface area (Å²) in [5.41, 5.74) is 2.05. The first-order valence-corrected chi connectivity index (χ1v) is 6.47. The molecule has 102 valence electrons. The number of nitrogens with one attached hydrogen (secondary N) is 1. The van der Waals surface area contributed by atoms with Crippen molar-refractivity contribution in [1.82, 2.24) is 10.3 Å². The molecule has 2 heterocycles. The van der Waals surface area contributed by atoms with E-state index in [-0.39, 0.29) is 12.2 Å². The molecule has 1 aliphatic rings. The molecule has 0 amide bonds. The van der Waals surface area contributed by atoms with Crippen molar-refractivity contribution in [3.8, 4) is 11.8 Å². The van der Waals surface area contributed by atoms with E-state index in [0.29, 0.717) is 23.6 Å². The van der Waals surface area contributed by atoms with Crippen LogP contribution in [0.2, 0.25) is 0 Å². The number of nitriles is 1. The summed E-state index contributed by atoms with van der Waals surface area (Å²) < 4.78 is 11.5. The second-order valence-electron chi connectivity index (χ2n) is 4.87. The first-order valence-electron chi connectivity index (χ1n) is 6.47. The van der Waals surface area contributed by atoms with Crippen molar-refractivity contribution in [1.29, 1.82) is 5.26 Å². The lowest BCUT2D eigenvalue weighted by Crippen LogP contribution is -2.45. The van der Waals surface area contributed by atoms with Crippen molar-refractivity contribution in [3.63, 3.8) is 0 Å². The second-order valence-corrected chi connectivity index (χ2v) is 4.87. The second kappa shape index (κ2) is 6.00. The average molecular weight is 261 g/mol. The fourth-order valence-corrected chi connectivity index (χ4v) is 2.20. The lowest BCUT2D eigenvalue weighted by molar-refractivity contribution is -0.0471. The highest BCUT2D eigenvalue weighted by atomic mass is 16.5. The molecule has 0 saturated carbocycles. The minimum Gasteiger partial charge on any atom is -0.489 e. The van der Waals surface area contributed by atoms with Crippen molar-refractivity contribution in [2.24, 2.45) is 0 Å². The molecular formula is C14H19N3O2. The number of pyridine rings is 1. The minimum absolute atomic E-state index is 0.0177. The van der Waals surface area contributed by atoms with Gasteiger partial charge in [-0.15, -0.1) is 0 Å². The van der Waals surface area contributed by atoms with Crippen LogP contribution in [0, 0.1) is 25.2 Å². The van der Waals surface area contributed by atoms with E-state index < -0.39 is 0 Å². The van der Waals surface area contributed by atoms with Gasteiger partial charge < -0.3 is 14.8 Å². The molecule has 2 unspecified atom stereocenters. The normalized spacial score (nSPS) is 22.8. The van der Waals surface area contributed by atoms with Crippen LogP contribution >= 0.6 is 0 Å². The fourth-order valence-electron chi connectivity index (χ4n) is 2.20. The highest BCUT2D eigenvalue weighted by Crippen LogP contribution is 2.21.